The molecule has 10 aromatic rings. The predicted octanol–water partition coefficient (Wildman–Crippen LogP) is 14.8. The Morgan fingerprint density at radius 3 is 1.25 bits per heavy atom. The smallest absolute Gasteiger partial charge is 0.0555 e. The number of hydrogen-bond donors (Lipinski definition) is 0. The van der Waals surface area contributed by atoms with E-state index < -0.39 is 0 Å². The molecule has 0 saturated heterocycles. The van der Waals surface area contributed by atoms with Crippen LogP contribution in [0.4, 0.5) is 17.1 Å². The van der Waals surface area contributed by atoms with Gasteiger partial charge in [0, 0.05) is 36.9 Å². The summed E-state index contributed by atoms with van der Waals surface area (Å²) in [6.45, 7) is 0. The molecule has 0 unspecified atom stereocenters. The average molecular weight is 680 g/mol. The molecule has 0 fully saturated rings. The van der Waals surface area contributed by atoms with Gasteiger partial charge in [0.15, 0.2) is 0 Å². The number of thiophene rings is 1. The number of nitrogens with zero attached hydrogens (tertiary/aromatic N) is 1. The molecule has 0 aliphatic heterocycles. The van der Waals surface area contributed by atoms with E-state index >= 15 is 0 Å². The Morgan fingerprint density at radius 2 is 0.712 bits per heavy atom. The summed E-state index contributed by atoms with van der Waals surface area (Å²) >= 11 is 1.92. The third-order valence-electron chi connectivity index (χ3n) is 10.3. The van der Waals surface area contributed by atoms with E-state index in [1.165, 1.54) is 80.8 Å². The molecular weight excluding hydrogens is 647 g/mol. The lowest BCUT2D eigenvalue weighted by atomic mass is 9.94. The van der Waals surface area contributed by atoms with Crippen molar-refractivity contribution < 1.29 is 0 Å². The first-order chi connectivity index (χ1) is 25.8. The summed E-state index contributed by atoms with van der Waals surface area (Å²) < 4.78 is 2.62. The molecule has 9 aromatic carbocycles. The Labute approximate surface area is 307 Å². The molecule has 1 nitrogen and oxygen atoms in total. The predicted molar refractivity (Wildman–Crippen MR) is 225 cm³/mol. The van der Waals surface area contributed by atoms with E-state index in [1.807, 2.05) is 11.3 Å². The molecule has 0 aliphatic carbocycles. The molecular formula is C50H33NS. The van der Waals surface area contributed by atoms with E-state index in [-0.39, 0.29) is 0 Å². The third kappa shape index (κ3) is 5.07. The lowest BCUT2D eigenvalue weighted by Gasteiger charge is -2.27. The lowest BCUT2D eigenvalue weighted by Crippen LogP contribution is -2.10. The van der Waals surface area contributed by atoms with Crippen LogP contribution in [0.15, 0.2) is 200 Å². The maximum atomic E-state index is 2.46. The Balaban J connectivity index is 1.29. The van der Waals surface area contributed by atoms with Crippen molar-refractivity contribution in [3.8, 4) is 33.4 Å². The monoisotopic (exact) mass is 679 g/mol. The highest BCUT2D eigenvalue weighted by Gasteiger charge is 2.23. The van der Waals surface area contributed by atoms with Crippen LogP contribution in [0.2, 0.25) is 0 Å². The lowest BCUT2D eigenvalue weighted by molar-refractivity contribution is 1.30. The first kappa shape index (κ1) is 30.4. The quantitative estimate of drug-likeness (QED) is 0.158. The zero-order chi connectivity index (χ0) is 34.4. The number of fused-ring (bicyclic) bond motifs is 8. The van der Waals surface area contributed by atoms with Crippen molar-refractivity contribution >= 4 is 70.1 Å². The Bertz CT molecular complexity index is 2770. The van der Waals surface area contributed by atoms with Gasteiger partial charge >= 0.3 is 0 Å². The second kappa shape index (κ2) is 12.7. The molecule has 10 rings (SSSR count). The van der Waals surface area contributed by atoms with Crippen molar-refractivity contribution in [1.82, 2.24) is 0 Å². The summed E-state index contributed by atoms with van der Waals surface area (Å²) in [7, 11) is 0. The van der Waals surface area contributed by atoms with Crippen LogP contribution in [-0.4, -0.2) is 0 Å². The van der Waals surface area contributed by atoms with E-state index in [4.69, 9.17) is 0 Å². The molecule has 0 radical (unpaired) electrons. The van der Waals surface area contributed by atoms with Crippen molar-refractivity contribution in [2.75, 3.05) is 4.90 Å². The summed E-state index contributed by atoms with van der Waals surface area (Å²) in [5.41, 5.74) is 10.7. The van der Waals surface area contributed by atoms with Crippen molar-refractivity contribution in [1.29, 1.82) is 0 Å². The second-order valence-electron chi connectivity index (χ2n) is 13.3. The summed E-state index contributed by atoms with van der Waals surface area (Å²) in [4.78, 5) is 2.46. The van der Waals surface area contributed by atoms with Gasteiger partial charge in [-0.05, 0) is 79.9 Å². The molecule has 0 N–H and O–H groups in total. The standard InChI is InChI=1S/C50H33NS/c1-4-14-34(15-5-1)36-24-28-39(29-25-36)51(40-30-26-37(27-31-40)35-16-6-2-7-17-35)46-33-32-41(38-18-8-3-9-19-38)49-48(46)47-44-22-12-10-20-42(44)43-21-11-13-23-45(43)50(47)52-49/h1-33H. The van der Waals surface area contributed by atoms with Crippen LogP contribution in [0, 0.1) is 0 Å². The Morgan fingerprint density at radius 1 is 0.288 bits per heavy atom. The van der Waals surface area contributed by atoms with Gasteiger partial charge in [-0.25, -0.2) is 0 Å². The largest absolute Gasteiger partial charge is 0.310 e. The summed E-state index contributed by atoms with van der Waals surface area (Å²) in [5.74, 6) is 0. The Hall–Kier alpha value is -6.48. The summed E-state index contributed by atoms with van der Waals surface area (Å²) in [5, 5.41) is 7.76. The third-order valence-corrected chi connectivity index (χ3v) is 11.5. The van der Waals surface area contributed by atoms with E-state index in [0.717, 1.165) is 11.4 Å². The van der Waals surface area contributed by atoms with Gasteiger partial charge in [-0.15, -0.1) is 11.3 Å². The molecule has 1 aromatic heterocycles. The fourth-order valence-corrected chi connectivity index (χ4v) is 9.22. The minimum atomic E-state index is 1.12. The average Bonchev–Trinajstić information content (AvgIpc) is 3.64. The van der Waals surface area contributed by atoms with Gasteiger partial charge < -0.3 is 4.90 Å². The van der Waals surface area contributed by atoms with E-state index in [9.17, 15) is 0 Å². The maximum absolute atomic E-state index is 2.46. The van der Waals surface area contributed by atoms with Crippen LogP contribution >= 0.6 is 11.3 Å². The number of rotatable bonds is 6. The van der Waals surface area contributed by atoms with Crippen LogP contribution < -0.4 is 4.90 Å². The molecule has 52 heavy (non-hydrogen) atoms. The molecule has 1 heterocycles. The highest BCUT2D eigenvalue weighted by molar-refractivity contribution is 7.27. The van der Waals surface area contributed by atoms with Crippen LogP contribution in [-0.2, 0) is 0 Å². The van der Waals surface area contributed by atoms with Crippen molar-refractivity contribution in [2.45, 2.75) is 0 Å². The normalized spacial score (nSPS) is 11.5. The molecule has 0 bridgehead atoms. The first-order valence-corrected chi connectivity index (χ1v) is 18.6. The summed E-state index contributed by atoms with van der Waals surface area (Å²) in [6.07, 6.45) is 0. The van der Waals surface area contributed by atoms with Gasteiger partial charge in [0.25, 0.3) is 0 Å². The zero-order valence-electron chi connectivity index (χ0n) is 28.4. The van der Waals surface area contributed by atoms with E-state index in [0.29, 0.717) is 0 Å². The topological polar surface area (TPSA) is 3.24 Å². The molecule has 0 aliphatic rings. The number of hydrogen-bond acceptors (Lipinski definition) is 2. The van der Waals surface area contributed by atoms with Gasteiger partial charge in [-0.3, -0.25) is 0 Å². The molecule has 0 saturated carbocycles. The second-order valence-corrected chi connectivity index (χ2v) is 14.3. The van der Waals surface area contributed by atoms with Crippen LogP contribution in [0.5, 0.6) is 0 Å². The minimum absolute atomic E-state index is 1.12. The van der Waals surface area contributed by atoms with Crippen LogP contribution in [0.3, 0.4) is 0 Å². The maximum Gasteiger partial charge on any atom is 0.0555 e. The van der Waals surface area contributed by atoms with Crippen molar-refractivity contribution in [3.63, 3.8) is 0 Å². The van der Waals surface area contributed by atoms with Gasteiger partial charge in [0.1, 0.15) is 0 Å². The molecule has 0 atom stereocenters. The molecule has 244 valence electrons. The highest BCUT2D eigenvalue weighted by Crippen LogP contribution is 2.52. The fraction of sp³-hybridized carbons (Fsp3) is 0. The van der Waals surface area contributed by atoms with Crippen LogP contribution in [0.25, 0.3) is 75.1 Å². The SMILES string of the molecule is c1ccc(-c2ccc(N(c3ccc(-c4ccccc4)cc3)c3ccc(-c4ccccc4)c4sc5c6ccccc6c6ccccc6c5c34)cc2)cc1. The minimum Gasteiger partial charge on any atom is -0.310 e. The van der Waals surface area contributed by atoms with Crippen LogP contribution in [0.1, 0.15) is 0 Å². The van der Waals surface area contributed by atoms with Crippen molar-refractivity contribution in [2.24, 2.45) is 0 Å². The number of anilines is 3. The van der Waals surface area contributed by atoms with Gasteiger partial charge in [0.05, 0.1) is 5.69 Å². The fourth-order valence-electron chi connectivity index (χ4n) is 7.81. The molecule has 2 heteroatoms. The summed E-state index contributed by atoms with van der Waals surface area (Å²) in [6, 6.07) is 72.7. The number of benzene rings is 9. The van der Waals surface area contributed by atoms with Crippen molar-refractivity contribution in [3.05, 3.63) is 200 Å². The van der Waals surface area contributed by atoms with Gasteiger partial charge in [-0.2, -0.15) is 0 Å². The Kier molecular flexibility index (Phi) is 7.41. The molecule has 0 amide bonds. The molecule has 0 spiro atoms. The van der Waals surface area contributed by atoms with E-state index in [2.05, 4.69) is 205 Å². The zero-order valence-corrected chi connectivity index (χ0v) is 29.2. The highest BCUT2D eigenvalue weighted by atomic mass is 32.1. The van der Waals surface area contributed by atoms with E-state index in [1.54, 1.807) is 0 Å². The van der Waals surface area contributed by atoms with Gasteiger partial charge in [0.2, 0.25) is 0 Å². The van der Waals surface area contributed by atoms with Gasteiger partial charge in [-0.1, -0.05) is 170 Å². The first-order valence-electron chi connectivity index (χ1n) is 17.8.